The summed E-state index contributed by atoms with van der Waals surface area (Å²) in [7, 11) is 0. The Balaban J connectivity index is 3.53. The molecular formula is C18H30O4. The monoisotopic (exact) mass is 310 g/mol. The topological polar surface area (TPSA) is 52.6 Å². The largest absolute Gasteiger partial charge is 0.463 e. The highest BCUT2D eigenvalue weighted by molar-refractivity contribution is 5.91. The summed E-state index contributed by atoms with van der Waals surface area (Å²) >= 11 is 0. The molecule has 0 N–H and O–H groups in total. The van der Waals surface area contributed by atoms with Gasteiger partial charge in [0.25, 0.3) is 0 Å². The van der Waals surface area contributed by atoms with Crippen molar-refractivity contribution in [3.63, 3.8) is 0 Å². The minimum absolute atomic E-state index is 0.283. The zero-order chi connectivity index (χ0) is 16.6. The van der Waals surface area contributed by atoms with E-state index in [0.717, 1.165) is 30.6 Å². The molecule has 126 valence electrons. The number of esters is 2. The van der Waals surface area contributed by atoms with Crippen LogP contribution in [0, 0.1) is 0 Å². The van der Waals surface area contributed by atoms with E-state index in [1.165, 1.54) is 32.1 Å². The SMILES string of the molecule is C=C(C)CCOC(=O)/C=C/C(=O)OCCCCCCCCC. The first-order valence-electron chi connectivity index (χ1n) is 8.22. The summed E-state index contributed by atoms with van der Waals surface area (Å²) in [5.74, 6) is -1.03. The van der Waals surface area contributed by atoms with Gasteiger partial charge in [0, 0.05) is 18.6 Å². The average Bonchev–Trinajstić information content (AvgIpc) is 2.47. The summed E-state index contributed by atoms with van der Waals surface area (Å²) in [4.78, 5) is 22.7. The number of unbranched alkanes of at least 4 members (excludes halogenated alkanes) is 6. The molecule has 0 aromatic heterocycles. The van der Waals surface area contributed by atoms with Crippen molar-refractivity contribution in [3.05, 3.63) is 24.3 Å². The molecule has 0 rings (SSSR count). The molecule has 4 heteroatoms. The molecule has 0 amide bonds. The van der Waals surface area contributed by atoms with Crippen molar-refractivity contribution < 1.29 is 19.1 Å². The first kappa shape index (κ1) is 20.4. The highest BCUT2D eigenvalue weighted by Gasteiger charge is 2.01. The van der Waals surface area contributed by atoms with Gasteiger partial charge in [0.1, 0.15) is 0 Å². The molecule has 22 heavy (non-hydrogen) atoms. The Hall–Kier alpha value is -1.58. The van der Waals surface area contributed by atoms with Crippen LogP contribution < -0.4 is 0 Å². The normalized spacial score (nSPS) is 10.6. The van der Waals surface area contributed by atoms with E-state index in [0.29, 0.717) is 13.0 Å². The van der Waals surface area contributed by atoms with Gasteiger partial charge >= 0.3 is 11.9 Å². The van der Waals surface area contributed by atoms with Gasteiger partial charge in [-0.3, -0.25) is 0 Å². The number of ether oxygens (including phenoxy) is 2. The average molecular weight is 310 g/mol. The summed E-state index contributed by atoms with van der Waals surface area (Å²) in [5, 5.41) is 0. The third-order valence-corrected chi connectivity index (χ3v) is 3.12. The van der Waals surface area contributed by atoms with Crippen LogP contribution in [0.3, 0.4) is 0 Å². The Bertz CT molecular complexity index is 358. The van der Waals surface area contributed by atoms with Gasteiger partial charge in [-0.25, -0.2) is 9.59 Å². The van der Waals surface area contributed by atoms with Crippen molar-refractivity contribution in [1.82, 2.24) is 0 Å². The number of carbonyl (C=O) groups excluding carboxylic acids is 2. The van der Waals surface area contributed by atoms with E-state index in [9.17, 15) is 9.59 Å². The molecule has 0 aromatic carbocycles. The van der Waals surface area contributed by atoms with Crippen LogP contribution in [0.1, 0.15) is 65.2 Å². The molecule has 0 saturated heterocycles. The van der Waals surface area contributed by atoms with Gasteiger partial charge in [0.05, 0.1) is 13.2 Å². The molecule has 0 atom stereocenters. The van der Waals surface area contributed by atoms with E-state index in [1.54, 1.807) is 0 Å². The van der Waals surface area contributed by atoms with E-state index in [4.69, 9.17) is 9.47 Å². The summed E-state index contributed by atoms with van der Waals surface area (Å²) in [6.45, 7) is 8.46. The van der Waals surface area contributed by atoms with Crippen molar-refractivity contribution in [2.24, 2.45) is 0 Å². The third kappa shape index (κ3) is 14.8. The standard InChI is InChI=1S/C18H30O4/c1-4-5-6-7-8-9-10-14-21-17(19)11-12-18(20)22-15-13-16(2)3/h11-12H,2,4-10,13-15H2,1,3H3/b12-11+. The first-order chi connectivity index (χ1) is 10.6. The zero-order valence-electron chi connectivity index (χ0n) is 14.1. The molecule has 0 unspecified atom stereocenters. The van der Waals surface area contributed by atoms with Crippen LogP contribution in [0.5, 0.6) is 0 Å². The Morgan fingerprint density at radius 1 is 0.864 bits per heavy atom. The minimum Gasteiger partial charge on any atom is -0.463 e. The number of hydrogen-bond donors (Lipinski definition) is 0. The van der Waals surface area contributed by atoms with Crippen molar-refractivity contribution in [2.75, 3.05) is 13.2 Å². The van der Waals surface area contributed by atoms with Crippen LogP contribution in [0.25, 0.3) is 0 Å². The van der Waals surface area contributed by atoms with Crippen molar-refractivity contribution in [2.45, 2.75) is 65.2 Å². The molecule has 0 spiro atoms. The fourth-order valence-electron chi connectivity index (χ4n) is 1.79. The second-order valence-electron chi connectivity index (χ2n) is 5.50. The molecule has 0 aliphatic carbocycles. The smallest absolute Gasteiger partial charge is 0.331 e. The molecule has 0 aliphatic rings. The lowest BCUT2D eigenvalue weighted by atomic mass is 10.1. The quantitative estimate of drug-likeness (QED) is 0.220. The molecule has 0 fully saturated rings. The molecule has 0 aromatic rings. The highest BCUT2D eigenvalue weighted by atomic mass is 16.5. The lowest BCUT2D eigenvalue weighted by molar-refractivity contribution is -0.140. The molecular weight excluding hydrogens is 280 g/mol. The lowest BCUT2D eigenvalue weighted by Crippen LogP contribution is -2.06. The predicted octanol–water partition coefficient (Wildman–Crippen LogP) is 4.35. The first-order valence-corrected chi connectivity index (χ1v) is 8.22. The highest BCUT2D eigenvalue weighted by Crippen LogP contribution is 2.06. The maximum Gasteiger partial charge on any atom is 0.331 e. The maximum absolute atomic E-state index is 11.4. The Labute approximate surface area is 134 Å². The molecule has 0 radical (unpaired) electrons. The maximum atomic E-state index is 11.4. The molecule has 0 heterocycles. The van der Waals surface area contributed by atoms with Gasteiger partial charge in [0.2, 0.25) is 0 Å². The third-order valence-electron chi connectivity index (χ3n) is 3.12. The zero-order valence-corrected chi connectivity index (χ0v) is 14.1. The van der Waals surface area contributed by atoms with Crippen LogP contribution in [0.2, 0.25) is 0 Å². The Morgan fingerprint density at radius 2 is 1.36 bits per heavy atom. The Kier molecular flexibility index (Phi) is 13.3. The fourth-order valence-corrected chi connectivity index (χ4v) is 1.79. The minimum atomic E-state index is -0.533. The van der Waals surface area contributed by atoms with E-state index in [2.05, 4.69) is 13.5 Å². The van der Waals surface area contributed by atoms with Gasteiger partial charge in [0.15, 0.2) is 0 Å². The van der Waals surface area contributed by atoms with Crippen LogP contribution in [-0.4, -0.2) is 25.2 Å². The van der Waals surface area contributed by atoms with E-state index in [1.807, 2.05) is 6.92 Å². The van der Waals surface area contributed by atoms with Crippen LogP contribution in [-0.2, 0) is 19.1 Å². The van der Waals surface area contributed by atoms with Crippen LogP contribution >= 0.6 is 0 Å². The lowest BCUT2D eigenvalue weighted by Gasteiger charge is -2.03. The van der Waals surface area contributed by atoms with Gasteiger partial charge < -0.3 is 9.47 Å². The fraction of sp³-hybridized carbons (Fsp3) is 0.667. The molecule has 0 bridgehead atoms. The molecule has 0 saturated carbocycles. The summed E-state index contributed by atoms with van der Waals surface area (Å²) in [5.41, 5.74) is 0.950. The molecule has 0 aliphatic heterocycles. The number of hydrogen-bond acceptors (Lipinski definition) is 4. The summed E-state index contributed by atoms with van der Waals surface area (Å²) < 4.78 is 9.91. The summed E-state index contributed by atoms with van der Waals surface area (Å²) in [6, 6.07) is 0. The second kappa shape index (κ2) is 14.4. The second-order valence-corrected chi connectivity index (χ2v) is 5.50. The van der Waals surface area contributed by atoms with Crippen LogP contribution in [0.4, 0.5) is 0 Å². The van der Waals surface area contributed by atoms with Crippen LogP contribution in [0.15, 0.2) is 24.3 Å². The predicted molar refractivity (Wildman–Crippen MR) is 88.5 cm³/mol. The van der Waals surface area contributed by atoms with E-state index in [-0.39, 0.29) is 6.61 Å². The van der Waals surface area contributed by atoms with Crippen molar-refractivity contribution in [1.29, 1.82) is 0 Å². The number of rotatable bonds is 13. The Morgan fingerprint density at radius 3 is 1.91 bits per heavy atom. The van der Waals surface area contributed by atoms with E-state index >= 15 is 0 Å². The van der Waals surface area contributed by atoms with Gasteiger partial charge in [-0.1, -0.05) is 51.0 Å². The molecule has 4 nitrogen and oxygen atoms in total. The van der Waals surface area contributed by atoms with E-state index < -0.39 is 11.9 Å². The van der Waals surface area contributed by atoms with Crippen molar-refractivity contribution in [3.8, 4) is 0 Å². The number of carbonyl (C=O) groups is 2. The van der Waals surface area contributed by atoms with Gasteiger partial charge in [-0.2, -0.15) is 0 Å². The van der Waals surface area contributed by atoms with Gasteiger partial charge in [-0.15, -0.1) is 6.58 Å². The van der Waals surface area contributed by atoms with Crippen molar-refractivity contribution >= 4 is 11.9 Å². The van der Waals surface area contributed by atoms with Gasteiger partial charge in [-0.05, 0) is 13.3 Å². The summed E-state index contributed by atoms with van der Waals surface area (Å²) in [6.07, 6.45) is 11.0.